The van der Waals surface area contributed by atoms with Crippen LogP contribution in [-0.2, 0) is 14.3 Å². The molecule has 0 amide bonds. The zero-order valence-electron chi connectivity index (χ0n) is 10.4. The molecular weight excluding hydrogens is 220 g/mol. The van der Waals surface area contributed by atoms with Crippen molar-refractivity contribution in [1.82, 2.24) is 4.90 Å². The quantitative estimate of drug-likeness (QED) is 0.533. The molecule has 1 heterocycles. The maximum Gasteiger partial charge on any atom is 0.319 e. The number of ether oxygens (including phenoxy) is 1. The number of hydrogen-bond acceptors (Lipinski definition) is 5. The second-order valence-corrected chi connectivity index (χ2v) is 4.37. The van der Waals surface area contributed by atoms with E-state index in [0.29, 0.717) is 13.0 Å². The normalized spacial score (nSPS) is 25.4. The van der Waals surface area contributed by atoms with Crippen LogP contribution in [-0.4, -0.2) is 43.4 Å². The SMILES string of the molecule is CCOC(=O)C1(CCC#N)CCN(C)CC1=O. The highest BCUT2D eigenvalue weighted by Gasteiger charge is 2.48. The molecule has 5 nitrogen and oxygen atoms in total. The van der Waals surface area contributed by atoms with Crippen LogP contribution in [0.15, 0.2) is 0 Å². The maximum atomic E-state index is 12.1. The van der Waals surface area contributed by atoms with Crippen LogP contribution in [0.3, 0.4) is 0 Å². The van der Waals surface area contributed by atoms with E-state index in [4.69, 9.17) is 10.00 Å². The molecule has 1 fully saturated rings. The summed E-state index contributed by atoms with van der Waals surface area (Å²) < 4.78 is 5.00. The molecule has 0 spiro atoms. The summed E-state index contributed by atoms with van der Waals surface area (Å²) in [6.07, 6.45) is 0.923. The summed E-state index contributed by atoms with van der Waals surface area (Å²) in [4.78, 5) is 26.0. The molecule has 0 radical (unpaired) electrons. The summed E-state index contributed by atoms with van der Waals surface area (Å²) in [5, 5.41) is 8.64. The van der Waals surface area contributed by atoms with Gasteiger partial charge in [-0.25, -0.2) is 0 Å². The molecule has 0 bridgehead atoms. The summed E-state index contributed by atoms with van der Waals surface area (Å²) in [6, 6.07) is 1.99. The first kappa shape index (κ1) is 13.7. The highest BCUT2D eigenvalue weighted by Crippen LogP contribution is 2.34. The van der Waals surface area contributed by atoms with E-state index in [2.05, 4.69) is 0 Å². The van der Waals surface area contributed by atoms with Crippen LogP contribution in [0.4, 0.5) is 0 Å². The molecule has 0 aromatic carbocycles. The smallest absolute Gasteiger partial charge is 0.319 e. The van der Waals surface area contributed by atoms with E-state index in [-0.39, 0.29) is 31.8 Å². The Morgan fingerprint density at radius 2 is 2.35 bits per heavy atom. The molecule has 1 unspecified atom stereocenters. The zero-order chi connectivity index (χ0) is 12.9. The lowest BCUT2D eigenvalue weighted by Crippen LogP contribution is -2.51. The summed E-state index contributed by atoms with van der Waals surface area (Å²) in [6.45, 7) is 2.91. The number of carbonyl (C=O) groups excluding carboxylic acids is 2. The summed E-state index contributed by atoms with van der Waals surface area (Å²) >= 11 is 0. The standard InChI is InChI=1S/C12H18N2O3/c1-3-17-11(16)12(5-4-7-13)6-8-14(2)9-10(12)15/h3-6,8-9H2,1-2H3. The third kappa shape index (κ3) is 2.83. The molecular formula is C12H18N2O3. The first-order valence-electron chi connectivity index (χ1n) is 5.83. The van der Waals surface area contributed by atoms with E-state index < -0.39 is 11.4 Å². The van der Waals surface area contributed by atoms with Crippen molar-refractivity contribution in [2.45, 2.75) is 26.2 Å². The lowest BCUT2D eigenvalue weighted by molar-refractivity contribution is -0.163. The average molecular weight is 238 g/mol. The number of carbonyl (C=O) groups is 2. The molecule has 1 aliphatic heterocycles. The minimum Gasteiger partial charge on any atom is -0.465 e. The van der Waals surface area contributed by atoms with Gasteiger partial charge in [-0.15, -0.1) is 0 Å². The van der Waals surface area contributed by atoms with Crippen molar-refractivity contribution in [3.63, 3.8) is 0 Å². The fraction of sp³-hybridized carbons (Fsp3) is 0.750. The number of likely N-dealkylation sites (N-methyl/N-ethyl adjacent to an activating group) is 1. The number of Topliss-reactive ketones (excluding diaryl/α,β-unsaturated/α-hetero) is 1. The number of likely N-dealkylation sites (tertiary alicyclic amines) is 1. The van der Waals surface area contributed by atoms with Crippen LogP contribution in [0.25, 0.3) is 0 Å². The fourth-order valence-electron chi connectivity index (χ4n) is 2.12. The highest BCUT2D eigenvalue weighted by atomic mass is 16.5. The first-order chi connectivity index (χ1) is 8.06. The van der Waals surface area contributed by atoms with Crippen molar-refractivity contribution in [3.8, 4) is 6.07 Å². The Balaban J connectivity index is 2.89. The van der Waals surface area contributed by atoms with Gasteiger partial charge in [0.25, 0.3) is 0 Å². The van der Waals surface area contributed by atoms with Crippen molar-refractivity contribution in [2.75, 3.05) is 26.7 Å². The van der Waals surface area contributed by atoms with E-state index >= 15 is 0 Å². The average Bonchev–Trinajstić information content (AvgIpc) is 2.29. The summed E-state index contributed by atoms with van der Waals surface area (Å²) in [5.74, 6) is -0.590. The number of nitriles is 1. The van der Waals surface area contributed by atoms with E-state index in [1.54, 1.807) is 6.92 Å². The predicted molar refractivity (Wildman–Crippen MR) is 61.0 cm³/mol. The minimum absolute atomic E-state index is 0.125. The molecule has 1 saturated heterocycles. The first-order valence-corrected chi connectivity index (χ1v) is 5.83. The van der Waals surface area contributed by atoms with Crippen molar-refractivity contribution in [3.05, 3.63) is 0 Å². The van der Waals surface area contributed by atoms with Crippen LogP contribution in [0, 0.1) is 16.7 Å². The van der Waals surface area contributed by atoms with Gasteiger partial charge >= 0.3 is 5.97 Å². The van der Waals surface area contributed by atoms with Crippen LogP contribution in [0.5, 0.6) is 0 Å². The summed E-state index contributed by atoms with van der Waals surface area (Å²) in [7, 11) is 1.84. The highest BCUT2D eigenvalue weighted by molar-refractivity contribution is 6.05. The molecule has 1 aliphatic rings. The number of hydrogen-bond donors (Lipinski definition) is 0. The Morgan fingerprint density at radius 1 is 1.65 bits per heavy atom. The third-order valence-corrected chi connectivity index (χ3v) is 3.20. The van der Waals surface area contributed by atoms with Gasteiger partial charge in [0.05, 0.1) is 19.2 Å². The van der Waals surface area contributed by atoms with Gasteiger partial charge in [-0.05, 0) is 33.4 Å². The summed E-state index contributed by atoms with van der Waals surface area (Å²) in [5.41, 5.74) is -1.09. The van der Waals surface area contributed by atoms with Gasteiger partial charge in [0, 0.05) is 6.42 Å². The molecule has 0 N–H and O–H groups in total. The van der Waals surface area contributed by atoms with E-state index in [1.165, 1.54) is 0 Å². The van der Waals surface area contributed by atoms with Gasteiger partial charge in [-0.1, -0.05) is 0 Å². The predicted octanol–water partition coefficient (Wildman–Crippen LogP) is 0.744. The Bertz CT molecular complexity index is 338. The van der Waals surface area contributed by atoms with Crippen LogP contribution < -0.4 is 0 Å². The van der Waals surface area contributed by atoms with E-state index in [0.717, 1.165) is 0 Å². The molecule has 0 saturated carbocycles. The second kappa shape index (κ2) is 5.78. The van der Waals surface area contributed by atoms with Crippen molar-refractivity contribution in [2.24, 2.45) is 5.41 Å². The molecule has 0 aliphatic carbocycles. The van der Waals surface area contributed by atoms with Gasteiger partial charge in [-0.2, -0.15) is 5.26 Å². The molecule has 0 aromatic rings. The topological polar surface area (TPSA) is 70.4 Å². The van der Waals surface area contributed by atoms with Crippen molar-refractivity contribution in [1.29, 1.82) is 5.26 Å². The van der Waals surface area contributed by atoms with Gasteiger partial charge in [0.15, 0.2) is 5.78 Å². The molecule has 1 atom stereocenters. The zero-order valence-corrected chi connectivity index (χ0v) is 10.4. The lowest BCUT2D eigenvalue weighted by Gasteiger charge is -2.36. The Labute approximate surface area is 101 Å². The fourth-order valence-corrected chi connectivity index (χ4v) is 2.12. The lowest BCUT2D eigenvalue weighted by atomic mass is 9.74. The van der Waals surface area contributed by atoms with Crippen molar-refractivity contribution < 1.29 is 14.3 Å². The van der Waals surface area contributed by atoms with Gasteiger partial charge < -0.3 is 4.74 Å². The van der Waals surface area contributed by atoms with Crippen LogP contribution in [0.1, 0.15) is 26.2 Å². The molecule has 0 aromatic heterocycles. The van der Waals surface area contributed by atoms with Crippen LogP contribution in [0.2, 0.25) is 0 Å². The molecule has 5 heteroatoms. The Kier molecular flexibility index (Phi) is 4.64. The number of ketones is 1. The maximum absolute atomic E-state index is 12.1. The van der Waals surface area contributed by atoms with Gasteiger partial charge in [-0.3, -0.25) is 14.5 Å². The van der Waals surface area contributed by atoms with Gasteiger partial charge in [0.2, 0.25) is 0 Å². The molecule has 94 valence electrons. The van der Waals surface area contributed by atoms with E-state index in [9.17, 15) is 9.59 Å². The molecule has 1 rings (SSSR count). The number of rotatable bonds is 4. The van der Waals surface area contributed by atoms with E-state index in [1.807, 2.05) is 18.0 Å². The van der Waals surface area contributed by atoms with Gasteiger partial charge in [0.1, 0.15) is 5.41 Å². The number of piperidine rings is 1. The monoisotopic (exact) mass is 238 g/mol. The Hall–Kier alpha value is -1.41. The Morgan fingerprint density at radius 3 is 2.88 bits per heavy atom. The third-order valence-electron chi connectivity index (χ3n) is 3.20. The minimum atomic E-state index is -1.09. The second-order valence-electron chi connectivity index (χ2n) is 4.37. The largest absolute Gasteiger partial charge is 0.465 e. The number of esters is 1. The number of nitrogens with zero attached hydrogens (tertiary/aromatic N) is 2. The van der Waals surface area contributed by atoms with Crippen LogP contribution >= 0.6 is 0 Å². The van der Waals surface area contributed by atoms with Crippen molar-refractivity contribution >= 4 is 11.8 Å². The molecule has 17 heavy (non-hydrogen) atoms.